The van der Waals surface area contributed by atoms with Gasteiger partial charge < -0.3 is 16.0 Å². The molecule has 0 heterocycles. The molecule has 0 aromatic carbocycles. The summed E-state index contributed by atoms with van der Waals surface area (Å²) in [6.07, 6.45) is 4.15. The second-order valence-corrected chi connectivity index (χ2v) is 6.20. The van der Waals surface area contributed by atoms with Gasteiger partial charge in [-0.3, -0.25) is 4.79 Å². The molecule has 0 aromatic heterocycles. The number of halogens is 2. The number of nitrogens with zero attached hydrogens (tertiary/aromatic N) is 1. The van der Waals surface area contributed by atoms with E-state index in [4.69, 9.17) is 5.73 Å². The van der Waals surface area contributed by atoms with E-state index in [0.29, 0.717) is 0 Å². The highest BCUT2D eigenvalue weighted by Crippen LogP contribution is 2.31. The lowest BCUT2D eigenvalue weighted by Gasteiger charge is -2.38. The minimum absolute atomic E-state index is 0. The molecule has 1 saturated carbocycles. The summed E-state index contributed by atoms with van der Waals surface area (Å²) in [7, 11) is 0. The smallest absolute Gasteiger partial charge is 0.225 e. The molecular weight excluding hydrogens is 309 g/mol. The van der Waals surface area contributed by atoms with Crippen LogP contribution in [0.1, 0.15) is 53.4 Å². The van der Waals surface area contributed by atoms with Gasteiger partial charge in [-0.05, 0) is 39.8 Å². The molecule has 1 amide bonds. The zero-order valence-electron chi connectivity index (χ0n) is 13.9. The predicted octanol–water partition coefficient (Wildman–Crippen LogP) is 2.58. The number of hydrogen-bond donors (Lipinski definition) is 2. The Labute approximate surface area is 142 Å². The van der Waals surface area contributed by atoms with Crippen molar-refractivity contribution in [2.45, 2.75) is 65.0 Å². The van der Waals surface area contributed by atoms with Crippen LogP contribution in [0.4, 0.5) is 0 Å². The summed E-state index contributed by atoms with van der Waals surface area (Å²) in [5, 5.41) is 3.14. The Hall–Kier alpha value is -0.0300. The molecule has 1 aliphatic carbocycles. The van der Waals surface area contributed by atoms with Crippen LogP contribution < -0.4 is 11.1 Å². The van der Waals surface area contributed by atoms with E-state index in [1.165, 1.54) is 0 Å². The number of carbonyl (C=O) groups excluding carboxylic acids is 1. The van der Waals surface area contributed by atoms with Gasteiger partial charge in [0.2, 0.25) is 5.91 Å². The lowest BCUT2D eigenvalue weighted by atomic mass is 9.74. The van der Waals surface area contributed by atoms with Crippen LogP contribution in [-0.2, 0) is 4.79 Å². The van der Waals surface area contributed by atoms with Crippen molar-refractivity contribution in [3.63, 3.8) is 0 Å². The molecule has 3 atom stereocenters. The second kappa shape index (κ2) is 10.7. The normalized spacial score (nSPS) is 26.5. The van der Waals surface area contributed by atoms with Crippen molar-refractivity contribution in [3.8, 4) is 0 Å². The van der Waals surface area contributed by atoms with Gasteiger partial charge >= 0.3 is 0 Å². The molecule has 3 N–H and O–H groups in total. The summed E-state index contributed by atoms with van der Waals surface area (Å²) in [4.78, 5) is 14.7. The average molecular weight is 342 g/mol. The van der Waals surface area contributed by atoms with Gasteiger partial charge in [-0.2, -0.15) is 0 Å². The third-order valence-electron chi connectivity index (χ3n) is 4.39. The SMILES string of the molecule is CCN(CC)CC(C)NC(=O)C1CCCCC1(C)N.Cl.Cl. The fourth-order valence-corrected chi connectivity index (χ4v) is 3.05. The van der Waals surface area contributed by atoms with Gasteiger partial charge in [0.1, 0.15) is 0 Å². The Balaban J connectivity index is 0. The first-order valence-electron chi connectivity index (χ1n) is 7.72. The number of carbonyl (C=O) groups is 1. The summed E-state index contributed by atoms with van der Waals surface area (Å²) in [6, 6.07) is 0.185. The maximum Gasteiger partial charge on any atom is 0.225 e. The van der Waals surface area contributed by atoms with Crippen LogP contribution in [0.2, 0.25) is 0 Å². The fourth-order valence-electron chi connectivity index (χ4n) is 3.05. The summed E-state index contributed by atoms with van der Waals surface area (Å²) in [5.41, 5.74) is 5.94. The molecule has 21 heavy (non-hydrogen) atoms. The Bertz CT molecular complexity index is 297. The number of amides is 1. The lowest BCUT2D eigenvalue weighted by Crippen LogP contribution is -2.55. The van der Waals surface area contributed by atoms with Crippen molar-refractivity contribution in [3.05, 3.63) is 0 Å². The molecule has 1 rings (SSSR count). The molecule has 0 radical (unpaired) electrons. The molecule has 0 bridgehead atoms. The first-order chi connectivity index (χ1) is 8.90. The third-order valence-corrected chi connectivity index (χ3v) is 4.39. The van der Waals surface area contributed by atoms with E-state index in [1.807, 2.05) is 6.92 Å². The first-order valence-corrected chi connectivity index (χ1v) is 7.72. The number of hydrogen-bond acceptors (Lipinski definition) is 3. The van der Waals surface area contributed by atoms with E-state index >= 15 is 0 Å². The van der Waals surface area contributed by atoms with Gasteiger partial charge in [0.05, 0.1) is 5.92 Å². The topological polar surface area (TPSA) is 58.4 Å². The summed E-state index contributed by atoms with van der Waals surface area (Å²) >= 11 is 0. The minimum atomic E-state index is -0.336. The van der Waals surface area contributed by atoms with E-state index in [-0.39, 0.29) is 48.2 Å². The number of rotatable bonds is 6. The number of nitrogens with one attached hydrogen (secondary N) is 1. The highest BCUT2D eigenvalue weighted by atomic mass is 35.5. The Kier molecular flexibility index (Phi) is 11.8. The summed E-state index contributed by atoms with van der Waals surface area (Å²) in [6.45, 7) is 11.3. The standard InChI is InChI=1S/C15H31N3O.2ClH/c1-5-18(6-2)11-12(3)17-14(19)13-9-7-8-10-15(13,4)16;;/h12-13H,5-11,16H2,1-4H3,(H,17,19);2*1H. The molecule has 0 spiro atoms. The van der Waals surface area contributed by atoms with E-state index < -0.39 is 0 Å². The molecule has 0 saturated heterocycles. The molecule has 3 unspecified atom stereocenters. The van der Waals surface area contributed by atoms with Crippen molar-refractivity contribution in [1.82, 2.24) is 10.2 Å². The lowest BCUT2D eigenvalue weighted by molar-refractivity contribution is -0.128. The fraction of sp³-hybridized carbons (Fsp3) is 0.933. The third kappa shape index (κ3) is 7.18. The van der Waals surface area contributed by atoms with Crippen LogP contribution in [0.5, 0.6) is 0 Å². The quantitative estimate of drug-likeness (QED) is 0.780. The van der Waals surface area contributed by atoms with E-state index in [2.05, 4.69) is 31.0 Å². The van der Waals surface area contributed by atoms with Crippen molar-refractivity contribution in [2.24, 2.45) is 11.7 Å². The van der Waals surface area contributed by atoms with Crippen molar-refractivity contribution in [2.75, 3.05) is 19.6 Å². The number of nitrogens with two attached hydrogens (primary N) is 1. The molecule has 6 heteroatoms. The van der Waals surface area contributed by atoms with Crippen LogP contribution >= 0.6 is 24.8 Å². The summed E-state index contributed by atoms with van der Waals surface area (Å²) < 4.78 is 0. The highest BCUT2D eigenvalue weighted by molar-refractivity contribution is 5.85. The van der Waals surface area contributed by atoms with Crippen LogP contribution in [0, 0.1) is 5.92 Å². The van der Waals surface area contributed by atoms with Gasteiger partial charge in [-0.25, -0.2) is 0 Å². The second-order valence-electron chi connectivity index (χ2n) is 6.20. The van der Waals surface area contributed by atoms with Gasteiger partial charge in [-0.1, -0.05) is 26.7 Å². The first kappa shape index (κ1) is 23.2. The Morgan fingerprint density at radius 2 is 1.90 bits per heavy atom. The van der Waals surface area contributed by atoms with Gasteiger partial charge in [0.15, 0.2) is 0 Å². The van der Waals surface area contributed by atoms with Gasteiger partial charge in [0.25, 0.3) is 0 Å². The Morgan fingerprint density at radius 3 is 2.38 bits per heavy atom. The van der Waals surface area contributed by atoms with E-state index in [9.17, 15) is 4.79 Å². The van der Waals surface area contributed by atoms with Crippen LogP contribution in [-0.4, -0.2) is 42.0 Å². The van der Waals surface area contributed by atoms with Crippen LogP contribution in [0.15, 0.2) is 0 Å². The zero-order chi connectivity index (χ0) is 14.5. The van der Waals surface area contributed by atoms with Crippen molar-refractivity contribution < 1.29 is 4.79 Å². The largest absolute Gasteiger partial charge is 0.352 e. The maximum atomic E-state index is 12.4. The molecule has 0 aromatic rings. The van der Waals surface area contributed by atoms with Crippen LogP contribution in [0.25, 0.3) is 0 Å². The molecular formula is C15H33Cl2N3O. The van der Waals surface area contributed by atoms with Gasteiger partial charge in [0, 0.05) is 18.1 Å². The molecule has 4 nitrogen and oxygen atoms in total. The molecule has 1 fully saturated rings. The number of likely N-dealkylation sites (N-methyl/N-ethyl adjacent to an activating group) is 1. The van der Waals surface area contributed by atoms with Crippen LogP contribution in [0.3, 0.4) is 0 Å². The Morgan fingerprint density at radius 1 is 1.33 bits per heavy atom. The maximum absolute atomic E-state index is 12.4. The summed E-state index contributed by atoms with van der Waals surface area (Å²) in [5.74, 6) is 0.116. The average Bonchev–Trinajstić information content (AvgIpc) is 2.35. The van der Waals surface area contributed by atoms with Gasteiger partial charge in [-0.15, -0.1) is 24.8 Å². The van der Waals surface area contributed by atoms with E-state index in [1.54, 1.807) is 0 Å². The monoisotopic (exact) mass is 341 g/mol. The van der Waals surface area contributed by atoms with Crippen molar-refractivity contribution in [1.29, 1.82) is 0 Å². The predicted molar refractivity (Wildman–Crippen MR) is 94.4 cm³/mol. The molecule has 128 valence electrons. The molecule has 0 aliphatic heterocycles. The minimum Gasteiger partial charge on any atom is -0.352 e. The van der Waals surface area contributed by atoms with E-state index in [0.717, 1.165) is 45.3 Å². The zero-order valence-corrected chi connectivity index (χ0v) is 15.5. The highest BCUT2D eigenvalue weighted by Gasteiger charge is 2.38. The van der Waals surface area contributed by atoms with Crippen molar-refractivity contribution >= 4 is 30.7 Å². The molecule has 1 aliphatic rings.